The van der Waals surface area contributed by atoms with Crippen LogP contribution in [0.5, 0.6) is 0 Å². The fourth-order valence-electron chi connectivity index (χ4n) is 0. The zero-order chi connectivity index (χ0) is 2.71. The van der Waals surface area contributed by atoms with Crippen LogP contribution in [-0.4, -0.2) is 9.79 Å². The van der Waals surface area contributed by atoms with Gasteiger partial charge in [-0.2, -0.15) is 0 Å². The van der Waals surface area contributed by atoms with Gasteiger partial charge < -0.3 is 9.79 Å². The molecule has 0 aromatic heterocycles. The van der Waals surface area contributed by atoms with Crippen molar-refractivity contribution < 1.29 is 26.9 Å². The molecule has 2 nitrogen and oxygen atoms in total. The topological polar surface area (TPSA) is 40.5 Å². The molecule has 1 radical (unpaired) electrons. The minimum Gasteiger partial charge on any atom is -0.352 e. The average Bonchev–Trinajstić information content (AvgIpc) is 0.918. The maximum Gasteiger partial charge on any atom is 0.149 e. The zero-order valence-corrected chi connectivity index (χ0v) is 3.95. The summed E-state index contributed by atoms with van der Waals surface area (Å²) in [6.07, 6.45) is 0. The van der Waals surface area contributed by atoms with Crippen molar-refractivity contribution in [3.05, 3.63) is 0 Å². The van der Waals surface area contributed by atoms with Gasteiger partial charge in [0.05, 0.1) is 0 Å². The van der Waals surface area contributed by atoms with Gasteiger partial charge in [-0.15, -0.1) is 0 Å². The Balaban J connectivity index is 0. The van der Waals surface area contributed by atoms with Crippen LogP contribution in [0, 0.1) is 0 Å². The third-order valence-corrected chi connectivity index (χ3v) is 0. The number of hydrogen-bond acceptors (Lipinski definition) is 2. The Hall–Kier alpha value is 0.869. The predicted octanol–water partition coefficient (Wildman–Crippen LogP) is -0.523. The molecule has 0 spiro atoms. The van der Waals surface area contributed by atoms with E-state index in [0.717, 1.165) is 0 Å². The Kier molecular flexibility index (Phi) is 20.2. The van der Waals surface area contributed by atoms with Gasteiger partial charge in [0.1, 0.15) is 9.03 Å². The summed E-state index contributed by atoms with van der Waals surface area (Å²) in [5.74, 6) is 0. The number of hydrogen-bond donors (Lipinski definition) is 2. The van der Waals surface area contributed by atoms with Crippen LogP contribution >= 0.6 is 9.03 Å². The fraction of sp³-hybridized carbons (Fsp3) is 0. The average molecular weight is 121 g/mol. The van der Waals surface area contributed by atoms with Crippen molar-refractivity contribution in [1.29, 1.82) is 0 Å². The van der Waals surface area contributed by atoms with E-state index in [2.05, 4.69) is 0 Å². The van der Waals surface area contributed by atoms with E-state index < -0.39 is 9.03 Å². The van der Waals surface area contributed by atoms with Crippen molar-refractivity contribution in [3.63, 3.8) is 0 Å². The zero-order valence-electron chi connectivity index (χ0n) is 1.77. The van der Waals surface area contributed by atoms with Crippen molar-refractivity contribution in [2.24, 2.45) is 0 Å². The molecule has 2 N–H and O–H groups in total. The van der Waals surface area contributed by atoms with Crippen LogP contribution in [0.1, 0.15) is 0 Å². The van der Waals surface area contributed by atoms with Gasteiger partial charge >= 0.3 is 0 Å². The third kappa shape index (κ3) is 13.3. The van der Waals surface area contributed by atoms with E-state index >= 15 is 0 Å². The Morgan fingerprint density at radius 3 is 1.25 bits per heavy atom. The first kappa shape index (κ1) is 8.85. The molecule has 0 fully saturated rings. The first-order valence-corrected chi connectivity index (χ1v) is 1.34. The molecule has 0 aliphatic heterocycles. The Morgan fingerprint density at radius 1 is 1.25 bits per heavy atom. The molecule has 0 aliphatic carbocycles. The van der Waals surface area contributed by atoms with Gasteiger partial charge in [-0.25, -0.2) is 0 Å². The first-order valence-electron chi connectivity index (χ1n) is 0.447. The standard InChI is InChI=1S/Mn.H3O2P/c;1-3-2/h;1-3H. The van der Waals surface area contributed by atoms with E-state index in [1.54, 1.807) is 0 Å². The summed E-state index contributed by atoms with van der Waals surface area (Å²) >= 11 is 0. The van der Waals surface area contributed by atoms with Crippen LogP contribution in [0.3, 0.4) is 0 Å². The molecule has 0 aliphatic rings. The fourth-order valence-corrected chi connectivity index (χ4v) is 0. The molecule has 27 valence electrons. The van der Waals surface area contributed by atoms with E-state index in [1.165, 1.54) is 0 Å². The quantitative estimate of drug-likeness (QED) is 0.334. The summed E-state index contributed by atoms with van der Waals surface area (Å²) in [7, 11) is -0.917. The summed E-state index contributed by atoms with van der Waals surface area (Å²) in [6.45, 7) is 0. The van der Waals surface area contributed by atoms with Crippen LogP contribution in [-0.2, 0) is 17.1 Å². The van der Waals surface area contributed by atoms with Crippen molar-refractivity contribution >= 4 is 9.03 Å². The van der Waals surface area contributed by atoms with Crippen molar-refractivity contribution in [1.82, 2.24) is 0 Å². The van der Waals surface area contributed by atoms with Gasteiger partial charge in [0.2, 0.25) is 0 Å². The minimum absolute atomic E-state index is 0. The van der Waals surface area contributed by atoms with Crippen LogP contribution in [0.15, 0.2) is 0 Å². The first-order chi connectivity index (χ1) is 1.41. The molecular weight excluding hydrogens is 118 g/mol. The Bertz CT molecular complexity index is 6.00. The summed E-state index contributed by atoms with van der Waals surface area (Å²) in [5.41, 5.74) is 0. The normalized spacial score (nSPS) is 4.50. The molecule has 0 bridgehead atoms. The SMILES string of the molecule is OPO.[Mn]. The molecule has 0 aromatic rings. The van der Waals surface area contributed by atoms with Gasteiger partial charge in [0.25, 0.3) is 0 Å². The molecule has 0 saturated carbocycles. The Morgan fingerprint density at radius 2 is 1.25 bits per heavy atom. The molecule has 0 amide bonds. The second kappa shape index (κ2) is 9.12. The van der Waals surface area contributed by atoms with E-state index in [4.69, 9.17) is 9.79 Å². The summed E-state index contributed by atoms with van der Waals surface area (Å²) in [5, 5.41) is 0. The van der Waals surface area contributed by atoms with Gasteiger partial charge in [-0.1, -0.05) is 0 Å². The molecule has 0 aromatic carbocycles. The molecule has 4 heavy (non-hydrogen) atoms. The van der Waals surface area contributed by atoms with Crippen LogP contribution < -0.4 is 0 Å². The van der Waals surface area contributed by atoms with Crippen molar-refractivity contribution in [2.45, 2.75) is 0 Å². The van der Waals surface area contributed by atoms with Gasteiger partial charge in [0, 0.05) is 17.1 Å². The summed E-state index contributed by atoms with van der Waals surface area (Å²) in [6, 6.07) is 0. The second-order valence-electron chi connectivity index (χ2n) is 0.100. The maximum atomic E-state index is 7.15. The molecule has 0 heterocycles. The second-order valence-corrected chi connectivity index (χ2v) is 0.300. The van der Waals surface area contributed by atoms with Crippen LogP contribution in [0.4, 0.5) is 0 Å². The molecular formula is H3MnO2P. The number of rotatable bonds is 0. The third-order valence-electron chi connectivity index (χ3n) is 0. The summed E-state index contributed by atoms with van der Waals surface area (Å²) < 4.78 is 0. The van der Waals surface area contributed by atoms with Gasteiger partial charge in [0.15, 0.2) is 0 Å². The maximum absolute atomic E-state index is 7.15. The smallest absolute Gasteiger partial charge is 0.149 e. The van der Waals surface area contributed by atoms with E-state index in [-0.39, 0.29) is 17.1 Å². The van der Waals surface area contributed by atoms with E-state index in [0.29, 0.717) is 0 Å². The van der Waals surface area contributed by atoms with Crippen molar-refractivity contribution in [2.75, 3.05) is 0 Å². The van der Waals surface area contributed by atoms with E-state index in [9.17, 15) is 0 Å². The molecule has 4 heteroatoms. The van der Waals surface area contributed by atoms with Gasteiger partial charge in [-0.3, -0.25) is 0 Å². The monoisotopic (exact) mass is 121 g/mol. The largest absolute Gasteiger partial charge is 0.352 e. The molecule has 0 rings (SSSR count). The Labute approximate surface area is 36.6 Å². The van der Waals surface area contributed by atoms with Crippen molar-refractivity contribution in [3.8, 4) is 0 Å². The minimum atomic E-state index is -0.917. The molecule has 0 atom stereocenters. The predicted molar refractivity (Wildman–Crippen MR) is 12.8 cm³/mol. The van der Waals surface area contributed by atoms with E-state index in [1.807, 2.05) is 0 Å². The van der Waals surface area contributed by atoms with Gasteiger partial charge in [-0.05, 0) is 0 Å². The molecule has 0 unspecified atom stereocenters. The van der Waals surface area contributed by atoms with Crippen LogP contribution in [0.25, 0.3) is 0 Å². The molecule has 0 saturated heterocycles. The van der Waals surface area contributed by atoms with Crippen LogP contribution in [0.2, 0.25) is 0 Å². The summed E-state index contributed by atoms with van der Waals surface area (Å²) in [4.78, 5) is 14.3.